The fourth-order valence-corrected chi connectivity index (χ4v) is 5.19. The van der Waals surface area contributed by atoms with Crippen LogP contribution < -0.4 is 10.5 Å². The number of aromatic nitrogens is 4. The molecule has 2 aliphatic heterocycles. The third-order valence-corrected chi connectivity index (χ3v) is 6.58. The van der Waals surface area contributed by atoms with Gasteiger partial charge in [-0.15, -0.1) is 0 Å². The molecule has 4 aromatic rings. The van der Waals surface area contributed by atoms with Crippen LogP contribution in [-0.4, -0.2) is 50.2 Å². The van der Waals surface area contributed by atoms with Crippen LogP contribution in [0.1, 0.15) is 20.1 Å². The molecule has 2 aliphatic rings. The number of nitrogens with two attached hydrogens (primary N) is 1. The standard InChI is InChI=1S/C23H22BrN5O4/c1-23(2)32-18-16(10-30-13-6-5-12-4-3-7-26-15(12)8-13)31-22(19(18)33-23)29-9-14(24)17-20(25)27-11-28-21(17)29/h3-9,11,16,18-19,22H,10H2,1-2H3,(H2,25,27,28)/t16-,18-,19-,22-/m1/s1. The molecule has 5 heterocycles. The summed E-state index contributed by atoms with van der Waals surface area (Å²) in [6, 6.07) is 9.77. The number of anilines is 1. The molecule has 4 atom stereocenters. The second-order valence-corrected chi connectivity index (χ2v) is 9.49. The maximum absolute atomic E-state index is 6.43. The highest BCUT2D eigenvalue weighted by molar-refractivity contribution is 9.10. The van der Waals surface area contributed by atoms with Crippen molar-refractivity contribution < 1.29 is 18.9 Å². The summed E-state index contributed by atoms with van der Waals surface area (Å²) < 4.78 is 27.7. The van der Waals surface area contributed by atoms with Crippen molar-refractivity contribution in [3.63, 3.8) is 0 Å². The van der Waals surface area contributed by atoms with Gasteiger partial charge in [-0.05, 0) is 48.0 Å². The first kappa shape index (κ1) is 20.8. The van der Waals surface area contributed by atoms with E-state index in [0.717, 1.165) is 26.5 Å². The molecule has 6 rings (SSSR count). The lowest BCUT2D eigenvalue weighted by Gasteiger charge is -2.25. The molecule has 0 spiro atoms. The van der Waals surface area contributed by atoms with Crippen LogP contribution >= 0.6 is 15.9 Å². The van der Waals surface area contributed by atoms with E-state index in [1.807, 2.05) is 54.9 Å². The van der Waals surface area contributed by atoms with Crippen molar-refractivity contribution in [2.75, 3.05) is 12.3 Å². The van der Waals surface area contributed by atoms with Crippen molar-refractivity contribution in [3.05, 3.63) is 53.5 Å². The van der Waals surface area contributed by atoms with E-state index in [1.54, 1.807) is 6.20 Å². The number of nitrogen functional groups attached to an aromatic ring is 1. The number of pyridine rings is 1. The van der Waals surface area contributed by atoms with Gasteiger partial charge in [0.25, 0.3) is 0 Å². The maximum Gasteiger partial charge on any atom is 0.165 e. The quantitative estimate of drug-likeness (QED) is 0.440. The predicted molar refractivity (Wildman–Crippen MR) is 125 cm³/mol. The molecular formula is C23H22BrN5O4. The van der Waals surface area contributed by atoms with E-state index >= 15 is 0 Å². The smallest absolute Gasteiger partial charge is 0.165 e. The minimum absolute atomic E-state index is 0.299. The van der Waals surface area contributed by atoms with Gasteiger partial charge in [-0.2, -0.15) is 0 Å². The van der Waals surface area contributed by atoms with E-state index in [4.69, 9.17) is 24.7 Å². The van der Waals surface area contributed by atoms with Gasteiger partial charge in [0.15, 0.2) is 12.0 Å². The molecule has 3 aromatic heterocycles. The molecule has 0 amide bonds. The average Bonchev–Trinajstić information content (AvgIpc) is 3.41. The fraction of sp³-hybridized carbons (Fsp3) is 0.348. The molecule has 0 bridgehead atoms. The highest BCUT2D eigenvalue weighted by atomic mass is 79.9. The highest BCUT2D eigenvalue weighted by Gasteiger charge is 2.56. The Morgan fingerprint density at radius 1 is 1.15 bits per heavy atom. The number of halogens is 1. The molecule has 0 radical (unpaired) electrons. The summed E-state index contributed by atoms with van der Waals surface area (Å²) in [5, 5.41) is 1.79. The largest absolute Gasteiger partial charge is 0.491 e. The van der Waals surface area contributed by atoms with Gasteiger partial charge < -0.3 is 29.2 Å². The number of nitrogens with zero attached hydrogens (tertiary/aromatic N) is 4. The Bertz CT molecular complexity index is 1360. The van der Waals surface area contributed by atoms with Crippen LogP contribution in [0.2, 0.25) is 0 Å². The summed E-state index contributed by atoms with van der Waals surface area (Å²) >= 11 is 3.57. The van der Waals surface area contributed by atoms with Crippen LogP contribution in [0, 0.1) is 0 Å². The SMILES string of the molecule is CC1(C)O[C@@H]2[C@H](O1)[C@@H](COc1ccc3cccnc3c1)O[C@H]2n1cc(Br)c2c(N)ncnc21. The Labute approximate surface area is 197 Å². The zero-order chi connectivity index (χ0) is 22.7. The maximum atomic E-state index is 6.43. The summed E-state index contributed by atoms with van der Waals surface area (Å²) in [5.74, 6) is 0.378. The molecule has 9 nitrogen and oxygen atoms in total. The molecule has 1 aromatic carbocycles. The second kappa shape index (κ2) is 7.63. The lowest BCUT2D eigenvalue weighted by molar-refractivity contribution is -0.198. The van der Waals surface area contributed by atoms with E-state index in [-0.39, 0.29) is 18.3 Å². The van der Waals surface area contributed by atoms with Crippen LogP contribution in [0.4, 0.5) is 5.82 Å². The zero-order valence-corrected chi connectivity index (χ0v) is 19.6. The predicted octanol–water partition coefficient (Wildman–Crippen LogP) is 3.82. The van der Waals surface area contributed by atoms with Crippen LogP contribution in [0.5, 0.6) is 5.75 Å². The minimum atomic E-state index is -0.739. The number of hydrogen-bond acceptors (Lipinski definition) is 8. The number of rotatable bonds is 4. The molecular weight excluding hydrogens is 490 g/mol. The van der Waals surface area contributed by atoms with E-state index in [1.165, 1.54) is 6.33 Å². The first-order valence-corrected chi connectivity index (χ1v) is 11.4. The Kier molecular flexibility index (Phi) is 4.80. The molecule has 170 valence electrons. The Balaban J connectivity index is 1.30. The van der Waals surface area contributed by atoms with Crippen LogP contribution in [0.25, 0.3) is 21.9 Å². The van der Waals surface area contributed by atoms with Gasteiger partial charge in [0.2, 0.25) is 0 Å². The monoisotopic (exact) mass is 511 g/mol. The third kappa shape index (κ3) is 3.54. The fourth-order valence-electron chi connectivity index (χ4n) is 4.59. The average molecular weight is 512 g/mol. The number of ether oxygens (including phenoxy) is 4. The van der Waals surface area contributed by atoms with Gasteiger partial charge in [0.1, 0.15) is 48.5 Å². The lowest BCUT2D eigenvalue weighted by Crippen LogP contribution is -2.33. The summed E-state index contributed by atoms with van der Waals surface area (Å²) in [6.45, 7) is 4.10. The van der Waals surface area contributed by atoms with Gasteiger partial charge in [-0.25, -0.2) is 9.97 Å². The van der Waals surface area contributed by atoms with Crippen molar-refractivity contribution >= 4 is 43.7 Å². The zero-order valence-electron chi connectivity index (χ0n) is 18.0. The van der Waals surface area contributed by atoms with Crippen molar-refractivity contribution in [1.82, 2.24) is 19.5 Å². The first-order valence-electron chi connectivity index (χ1n) is 10.6. The molecule has 33 heavy (non-hydrogen) atoms. The number of hydrogen-bond donors (Lipinski definition) is 1. The van der Waals surface area contributed by atoms with Gasteiger partial charge in [-0.3, -0.25) is 4.98 Å². The van der Waals surface area contributed by atoms with Crippen LogP contribution in [0.15, 0.2) is 53.5 Å². The Morgan fingerprint density at radius 2 is 2.00 bits per heavy atom. The molecule has 0 saturated carbocycles. The summed E-state index contributed by atoms with van der Waals surface area (Å²) in [4.78, 5) is 12.9. The molecule has 2 N–H and O–H groups in total. The van der Waals surface area contributed by atoms with Gasteiger partial charge in [0.05, 0.1) is 10.9 Å². The molecule has 2 saturated heterocycles. The summed E-state index contributed by atoms with van der Waals surface area (Å²) in [5.41, 5.74) is 7.62. The van der Waals surface area contributed by atoms with E-state index in [2.05, 4.69) is 30.9 Å². The van der Waals surface area contributed by atoms with Crippen molar-refractivity contribution in [2.24, 2.45) is 0 Å². The second-order valence-electron chi connectivity index (χ2n) is 8.64. The third-order valence-electron chi connectivity index (χ3n) is 5.98. The van der Waals surface area contributed by atoms with Crippen LogP contribution in [0.3, 0.4) is 0 Å². The van der Waals surface area contributed by atoms with E-state index < -0.39 is 12.0 Å². The number of benzene rings is 1. The van der Waals surface area contributed by atoms with Gasteiger partial charge in [-0.1, -0.05) is 6.07 Å². The Hall–Kier alpha value is -2.79. The highest BCUT2D eigenvalue weighted by Crippen LogP contribution is 2.45. The van der Waals surface area contributed by atoms with Gasteiger partial charge in [0, 0.05) is 28.3 Å². The lowest BCUT2D eigenvalue weighted by atomic mass is 10.1. The van der Waals surface area contributed by atoms with Crippen molar-refractivity contribution in [3.8, 4) is 5.75 Å². The molecule has 10 heteroatoms. The first-order chi connectivity index (χ1) is 15.9. The van der Waals surface area contributed by atoms with Gasteiger partial charge >= 0.3 is 0 Å². The summed E-state index contributed by atoms with van der Waals surface area (Å²) in [7, 11) is 0. The van der Waals surface area contributed by atoms with Crippen molar-refractivity contribution in [1.29, 1.82) is 0 Å². The van der Waals surface area contributed by atoms with Crippen molar-refractivity contribution in [2.45, 2.75) is 44.2 Å². The van der Waals surface area contributed by atoms with E-state index in [9.17, 15) is 0 Å². The molecule has 0 unspecified atom stereocenters. The molecule has 0 aliphatic carbocycles. The minimum Gasteiger partial charge on any atom is -0.491 e. The topological polar surface area (TPSA) is 107 Å². The number of fused-ring (bicyclic) bond motifs is 3. The van der Waals surface area contributed by atoms with E-state index in [0.29, 0.717) is 18.1 Å². The van der Waals surface area contributed by atoms with Crippen LogP contribution in [-0.2, 0) is 14.2 Å². The normalized spacial score (nSPS) is 26.2. The Morgan fingerprint density at radius 3 is 2.88 bits per heavy atom. The summed E-state index contributed by atoms with van der Waals surface area (Å²) in [6.07, 6.45) is 3.64. The molecule has 2 fully saturated rings.